The van der Waals surface area contributed by atoms with Gasteiger partial charge >= 0.3 is 0 Å². The minimum absolute atomic E-state index is 0.0357. The molecule has 0 unspecified atom stereocenters. The Morgan fingerprint density at radius 1 is 1.32 bits per heavy atom. The van der Waals surface area contributed by atoms with Crippen molar-refractivity contribution >= 4 is 46.9 Å². The molecule has 0 bridgehead atoms. The predicted molar refractivity (Wildman–Crippen MR) is 141 cm³/mol. The van der Waals surface area contributed by atoms with E-state index >= 15 is 4.39 Å². The Balaban J connectivity index is 1.52. The number of anilines is 2. The number of amides is 2. The van der Waals surface area contributed by atoms with E-state index in [1.807, 2.05) is 17.4 Å². The second kappa shape index (κ2) is 13.4. The molecule has 15 heteroatoms. The lowest BCUT2D eigenvalue weighted by Crippen LogP contribution is -2.53. The number of likely N-dealkylation sites (N-methyl/N-ethyl adjacent to an activating group) is 1. The lowest BCUT2D eigenvalue weighted by molar-refractivity contribution is -0.154. The number of carbonyl (C=O) groups excluding carboxylic acids is 2. The van der Waals surface area contributed by atoms with E-state index in [0.717, 1.165) is 43.8 Å². The largest absolute Gasteiger partial charge is 0.304 e. The van der Waals surface area contributed by atoms with E-state index in [2.05, 4.69) is 30.7 Å². The van der Waals surface area contributed by atoms with Gasteiger partial charge in [-0.15, -0.1) is 11.3 Å². The van der Waals surface area contributed by atoms with Crippen LogP contribution in [0.15, 0.2) is 11.6 Å². The van der Waals surface area contributed by atoms with E-state index in [9.17, 15) is 14.8 Å². The van der Waals surface area contributed by atoms with Gasteiger partial charge in [0.05, 0.1) is 19.0 Å². The van der Waals surface area contributed by atoms with Crippen LogP contribution in [0.4, 0.5) is 16.0 Å². The van der Waals surface area contributed by atoms with E-state index < -0.39 is 17.6 Å². The van der Waals surface area contributed by atoms with Crippen LogP contribution in [0.3, 0.4) is 0 Å². The lowest BCUT2D eigenvalue weighted by Gasteiger charge is -2.40. The molecule has 1 atom stereocenters. The quantitative estimate of drug-likeness (QED) is 0.152. The first-order valence-electron chi connectivity index (χ1n) is 12.6. The normalized spacial score (nSPS) is 17.8. The molecule has 0 spiro atoms. The van der Waals surface area contributed by atoms with Crippen LogP contribution in [0.5, 0.6) is 0 Å². The molecule has 2 amide bonds. The number of carbonyl (C=O) groups is 2. The summed E-state index contributed by atoms with van der Waals surface area (Å²) in [6.07, 6.45) is 6.61. The molecular formula is C23H33ClFN9O3S. The van der Waals surface area contributed by atoms with Gasteiger partial charge in [-0.3, -0.25) is 30.7 Å². The molecule has 3 N–H and O–H groups in total. The fourth-order valence-corrected chi connectivity index (χ4v) is 5.63. The van der Waals surface area contributed by atoms with Gasteiger partial charge in [0.2, 0.25) is 23.4 Å². The van der Waals surface area contributed by atoms with E-state index in [4.69, 9.17) is 11.6 Å². The number of piperazine rings is 1. The van der Waals surface area contributed by atoms with Gasteiger partial charge in [-0.05, 0) is 31.0 Å². The Hall–Kier alpha value is -2.65. The maximum absolute atomic E-state index is 15.8. The van der Waals surface area contributed by atoms with E-state index in [1.165, 1.54) is 11.3 Å². The van der Waals surface area contributed by atoms with E-state index in [1.54, 1.807) is 11.2 Å². The number of nitrogens with zero attached hydrogens (tertiary/aromatic N) is 7. The van der Waals surface area contributed by atoms with Crippen LogP contribution in [-0.4, -0.2) is 87.2 Å². The third kappa shape index (κ3) is 7.47. The van der Waals surface area contributed by atoms with E-state index in [0.29, 0.717) is 37.0 Å². The van der Waals surface area contributed by atoms with Crippen LogP contribution in [0.2, 0.25) is 5.28 Å². The number of hydrazine groups is 2. The molecule has 3 heterocycles. The predicted octanol–water partition coefficient (Wildman–Crippen LogP) is 2.38. The van der Waals surface area contributed by atoms with Gasteiger partial charge in [0.15, 0.2) is 11.6 Å². The number of hydrogen-bond donors (Lipinski definition) is 3. The van der Waals surface area contributed by atoms with Crippen molar-refractivity contribution in [2.45, 2.75) is 38.6 Å². The van der Waals surface area contributed by atoms with Crippen molar-refractivity contribution in [3.63, 3.8) is 0 Å². The summed E-state index contributed by atoms with van der Waals surface area (Å²) in [7, 11) is 2.03. The fraction of sp³-hybridized carbons (Fsp3) is 0.609. The van der Waals surface area contributed by atoms with Gasteiger partial charge in [0.1, 0.15) is 5.01 Å². The summed E-state index contributed by atoms with van der Waals surface area (Å²) in [6.45, 7) is 3.01. The maximum Gasteiger partial charge on any atom is 0.243 e. The standard InChI is InChI=1S/C23H33ClFN9O3S/c1-31-7-9-32(10-8-31)34(14-18-26-6-11-38-18)21-19(25)20(27-23(24)28-21)29-30-22(36)17(13-33(37)15-35)12-16-4-2-3-5-16/h6,11,15-17,37H,2-5,7-10,12-14H2,1H3,(H,30,36)(H,27,28,29)/t17-/m0/s1. The molecular weight excluding hydrogens is 537 g/mol. The Bertz CT molecular complexity index is 1070. The van der Waals surface area contributed by atoms with Gasteiger partial charge < -0.3 is 4.90 Å². The summed E-state index contributed by atoms with van der Waals surface area (Å²) in [5.41, 5.74) is 5.04. The molecule has 2 aromatic rings. The van der Waals surface area contributed by atoms with Crippen molar-refractivity contribution in [3.8, 4) is 0 Å². The van der Waals surface area contributed by atoms with Crippen LogP contribution >= 0.6 is 22.9 Å². The van der Waals surface area contributed by atoms with Crippen molar-refractivity contribution in [1.82, 2.24) is 35.3 Å². The van der Waals surface area contributed by atoms with Crippen LogP contribution in [-0.2, 0) is 16.1 Å². The fourth-order valence-electron chi connectivity index (χ4n) is 4.87. The highest BCUT2D eigenvalue weighted by Gasteiger charge is 2.30. The van der Waals surface area contributed by atoms with Gasteiger partial charge in [0, 0.05) is 37.8 Å². The number of thiazole rings is 1. The highest BCUT2D eigenvalue weighted by Crippen LogP contribution is 2.31. The SMILES string of the molecule is CN1CCN(N(Cc2nccs2)c2nc(Cl)nc(NNC(=O)[C@@H](CC3CCCC3)CN(O)C=O)c2F)CC1. The Morgan fingerprint density at radius 2 is 2.05 bits per heavy atom. The summed E-state index contributed by atoms with van der Waals surface area (Å²) >= 11 is 7.65. The molecule has 0 radical (unpaired) electrons. The van der Waals surface area contributed by atoms with Crippen LogP contribution in [0, 0.1) is 17.7 Å². The number of aromatic nitrogens is 3. The molecule has 2 aliphatic rings. The molecule has 1 saturated carbocycles. The topological polar surface area (TPSA) is 130 Å². The number of hydroxylamine groups is 2. The average Bonchev–Trinajstić information content (AvgIpc) is 3.62. The van der Waals surface area contributed by atoms with Crippen molar-refractivity contribution in [3.05, 3.63) is 27.7 Å². The highest BCUT2D eigenvalue weighted by atomic mass is 35.5. The molecule has 2 aromatic heterocycles. The molecule has 1 saturated heterocycles. The number of halogens is 2. The first-order valence-corrected chi connectivity index (χ1v) is 13.9. The minimum Gasteiger partial charge on any atom is -0.304 e. The van der Waals surface area contributed by atoms with Crippen molar-refractivity contribution in [2.75, 3.05) is 50.2 Å². The first kappa shape index (κ1) is 28.4. The minimum atomic E-state index is -0.783. The zero-order valence-corrected chi connectivity index (χ0v) is 22.8. The van der Waals surface area contributed by atoms with Crippen molar-refractivity contribution in [2.24, 2.45) is 11.8 Å². The monoisotopic (exact) mass is 569 g/mol. The molecule has 38 heavy (non-hydrogen) atoms. The van der Waals surface area contributed by atoms with E-state index in [-0.39, 0.29) is 29.9 Å². The maximum atomic E-state index is 15.8. The van der Waals surface area contributed by atoms with Crippen molar-refractivity contribution in [1.29, 1.82) is 0 Å². The van der Waals surface area contributed by atoms with Crippen LogP contribution in [0.25, 0.3) is 0 Å². The molecule has 2 fully saturated rings. The number of hydrogen-bond acceptors (Lipinski definition) is 11. The average molecular weight is 570 g/mol. The Morgan fingerprint density at radius 3 is 2.71 bits per heavy atom. The van der Waals surface area contributed by atoms with Gasteiger partial charge in [-0.25, -0.2) is 15.1 Å². The zero-order valence-electron chi connectivity index (χ0n) is 21.2. The number of nitrogens with one attached hydrogen (secondary N) is 2. The highest BCUT2D eigenvalue weighted by molar-refractivity contribution is 7.09. The summed E-state index contributed by atoms with van der Waals surface area (Å²) in [5.74, 6) is -1.96. The second-order valence-electron chi connectivity index (χ2n) is 9.64. The Labute approximate surface area is 229 Å². The molecule has 1 aliphatic carbocycles. The smallest absolute Gasteiger partial charge is 0.243 e. The zero-order chi connectivity index (χ0) is 27.1. The third-order valence-electron chi connectivity index (χ3n) is 6.94. The van der Waals surface area contributed by atoms with Gasteiger partial charge in [-0.2, -0.15) is 14.4 Å². The molecule has 208 valence electrons. The molecule has 4 rings (SSSR count). The summed E-state index contributed by atoms with van der Waals surface area (Å²) in [6, 6.07) is 0. The third-order valence-corrected chi connectivity index (χ3v) is 7.87. The summed E-state index contributed by atoms with van der Waals surface area (Å²) in [5, 5.41) is 16.3. The lowest BCUT2D eigenvalue weighted by atomic mass is 9.92. The first-order chi connectivity index (χ1) is 18.3. The Kier molecular flexibility index (Phi) is 10.0. The molecule has 12 nitrogen and oxygen atoms in total. The summed E-state index contributed by atoms with van der Waals surface area (Å²) < 4.78 is 15.8. The van der Waals surface area contributed by atoms with Crippen LogP contribution < -0.4 is 15.9 Å². The second-order valence-corrected chi connectivity index (χ2v) is 11.0. The molecule has 0 aromatic carbocycles. The summed E-state index contributed by atoms with van der Waals surface area (Å²) in [4.78, 5) is 38.6. The van der Waals surface area contributed by atoms with Crippen LogP contribution in [0.1, 0.15) is 37.1 Å². The molecule has 1 aliphatic heterocycles. The van der Waals surface area contributed by atoms with Gasteiger partial charge in [0.25, 0.3) is 0 Å². The van der Waals surface area contributed by atoms with Gasteiger partial charge in [-0.1, -0.05) is 25.7 Å². The number of rotatable bonds is 12. The van der Waals surface area contributed by atoms with Crippen molar-refractivity contribution < 1.29 is 19.2 Å².